The maximum absolute atomic E-state index is 11.7. The minimum atomic E-state index is -1.24. The minimum absolute atomic E-state index is 0.482. The summed E-state index contributed by atoms with van der Waals surface area (Å²) in [5.41, 5.74) is 0.841. The Labute approximate surface area is 106 Å². The van der Waals surface area contributed by atoms with Gasteiger partial charge in [0.15, 0.2) is 6.10 Å². The van der Waals surface area contributed by atoms with Crippen molar-refractivity contribution in [2.75, 3.05) is 14.2 Å². The van der Waals surface area contributed by atoms with Crippen LogP contribution in [0.1, 0.15) is 18.6 Å². The monoisotopic (exact) mass is 252 g/mol. The van der Waals surface area contributed by atoms with Crippen molar-refractivity contribution >= 4 is 5.97 Å². The molecule has 0 spiro atoms. The number of carbonyl (C=O) groups excluding carboxylic acids is 1. The third-order valence-electron chi connectivity index (χ3n) is 2.89. The van der Waals surface area contributed by atoms with Crippen LogP contribution in [0.15, 0.2) is 30.3 Å². The first-order valence-corrected chi connectivity index (χ1v) is 5.63. The molecule has 0 radical (unpaired) electrons. The van der Waals surface area contributed by atoms with Crippen LogP contribution < -0.4 is 0 Å². The third kappa shape index (κ3) is 2.38. The quantitative estimate of drug-likeness (QED) is 0.765. The lowest BCUT2D eigenvalue weighted by Crippen LogP contribution is -2.31. The maximum atomic E-state index is 11.7. The molecule has 5 heteroatoms. The lowest BCUT2D eigenvalue weighted by Gasteiger charge is -2.20. The smallest absolute Gasteiger partial charge is 0.338 e. The molecule has 0 bridgehead atoms. The molecule has 1 aliphatic heterocycles. The predicted molar refractivity (Wildman–Crippen MR) is 62.6 cm³/mol. The van der Waals surface area contributed by atoms with Gasteiger partial charge in [0.25, 0.3) is 5.97 Å². The number of carbonyl (C=O) groups is 1. The first-order chi connectivity index (χ1) is 8.59. The number of benzene rings is 1. The summed E-state index contributed by atoms with van der Waals surface area (Å²) >= 11 is 0. The zero-order valence-corrected chi connectivity index (χ0v) is 10.6. The van der Waals surface area contributed by atoms with Crippen LogP contribution in [-0.4, -0.2) is 32.3 Å². The van der Waals surface area contributed by atoms with Gasteiger partial charge in [-0.1, -0.05) is 30.3 Å². The molecule has 1 unspecified atom stereocenters. The van der Waals surface area contributed by atoms with Gasteiger partial charge in [0, 0.05) is 14.0 Å². The summed E-state index contributed by atoms with van der Waals surface area (Å²) < 4.78 is 21.0. The van der Waals surface area contributed by atoms with Crippen LogP contribution >= 0.6 is 0 Å². The van der Waals surface area contributed by atoms with Gasteiger partial charge in [-0.3, -0.25) is 0 Å². The molecule has 0 amide bonds. The number of rotatable bonds is 3. The molecule has 0 saturated carbocycles. The number of hydrogen-bond acceptors (Lipinski definition) is 5. The Kier molecular flexibility index (Phi) is 3.65. The Morgan fingerprint density at radius 2 is 1.89 bits per heavy atom. The number of hydrogen-bond donors (Lipinski definition) is 0. The fraction of sp³-hybridized carbons (Fsp3) is 0.462. The summed E-state index contributed by atoms with van der Waals surface area (Å²) in [7, 11) is 2.78. The van der Waals surface area contributed by atoms with Gasteiger partial charge in [-0.25, -0.2) is 4.79 Å². The summed E-state index contributed by atoms with van der Waals surface area (Å²) in [6, 6.07) is 9.36. The molecule has 0 aliphatic carbocycles. The summed E-state index contributed by atoms with van der Waals surface area (Å²) in [5, 5.41) is 0. The SMILES string of the molecule is COC(=O)[C@H]1O[C@](C)(OC)OC1c1ccccc1. The van der Waals surface area contributed by atoms with Gasteiger partial charge >= 0.3 is 5.97 Å². The van der Waals surface area contributed by atoms with Crippen LogP contribution in [0.25, 0.3) is 0 Å². The largest absolute Gasteiger partial charge is 0.467 e. The van der Waals surface area contributed by atoms with Crippen LogP contribution in [0, 0.1) is 0 Å². The molecule has 1 aliphatic rings. The lowest BCUT2D eigenvalue weighted by atomic mass is 10.0. The number of ether oxygens (including phenoxy) is 4. The average Bonchev–Trinajstić information content (AvgIpc) is 2.78. The first kappa shape index (κ1) is 13.0. The van der Waals surface area contributed by atoms with Crippen molar-refractivity contribution in [3.05, 3.63) is 35.9 Å². The Morgan fingerprint density at radius 3 is 2.44 bits per heavy atom. The second-order valence-electron chi connectivity index (χ2n) is 4.08. The van der Waals surface area contributed by atoms with Gasteiger partial charge in [0.1, 0.15) is 6.10 Å². The van der Waals surface area contributed by atoms with Crippen molar-refractivity contribution in [3.63, 3.8) is 0 Å². The number of methoxy groups -OCH3 is 2. The summed E-state index contributed by atoms with van der Waals surface area (Å²) in [5.74, 6) is -1.72. The van der Waals surface area contributed by atoms with E-state index in [0.717, 1.165) is 5.56 Å². The van der Waals surface area contributed by atoms with E-state index in [2.05, 4.69) is 0 Å². The molecule has 5 nitrogen and oxygen atoms in total. The average molecular weight is 252 g/mol. The van der Waals surface area contributed by atoms with Gasteiger partial charge in [0.2, 0.25) is 0 Å². The van der Waals surface area contributed by atoms with Crippen LogP contribution in [0.5, 0.6) is 0 Å². The fourth-order valence-electron chi connectivity index (χ4n) is 1.88. The summed E-state index contributed by atoms with van der Waals surface area (Å²) in [6.45, 7) is 1.62. The second kappa shape index (κ2) is 5.06. The Morgan fingerprint density at radius 1 is 1.22 bits per heavy atom. The van der Waals surface area contributed by atoms with Gasteiger partial charge in [-0.15, -0.1) is 0 Å². The van der Waals surface area contributed by atoms with Crippen LogP contribution in [0.4, 0.5) is 0 Å². The zero-order chi connectivity index (χ0) is 13.2. The maximum Gasteiger partial charge on any atom is 0.338 e. The highest BCUT2D eigenvalue weighted by atomic mass is 16.9. The topological polar surface area (TPSA) is 54.0 Å². The van der Waals surface area contributed by atoms with Gasteiger partial charge in [-0.2, -0.15) is 0 Å². The minimum Gasteiger partial charge on any atom is -0.467 e. The Hall–Kier alpha value is -1.43. The zero-order valence-electron chi connectivity index (χ0n) is 10.6. The molecule has 0 N–H and O–H groups in total. The van der Waals surface area contributed by atoms with Crippen LogP contribution in [0.2, 0.25) is 0 Å². The van der Waals surface area contributed by atoms with E-state index in [1.54, 1.807) is 6.92 Å². The van der Waals surface area contributed by atoms with E-state index in [1.807, 2.05) is 30.3 Å². The normalized spacial score (nSPS) is 31.3. The fourth-order valence-corrected chi connectivity index (χ4v) is 1.88. The van der Waals surface area contributed by atoms with Crippen molar-refractivity contribution in [2.24, 2.45) is 0 Å². The Bertz CT molecular complexity index is 419. The van der Waals surface area contributed by atoms with Crippen molar-refractivity contribution in [1.29, 1.82) is 0 Å². The molecule has 0 aromatic heterocycles. The molecule has 98 valence electrons. The standard InChI is InChI=1S/C13H16O5/c1-13(16-3)17-10(9-7-5-4-6-8-9)11(18-13)12(14)15-2/h4-8,10-11H,1-3H3/t10?,11-,13+/m0/s1. The summed E-state index contributed by atoms with van der Waals surface area (Å²) in [4.78, 5) is 11.7. The lowest BCUT2D eigenvalue weighted by molar-refractivity contribution is -0.318. The van der Waals surface area contributed by atoms with Crippen molar-refractivity contribution in [2.45, 2.75) is 25.1 Å². The highest BCUT2D eigenvalue weighted by molar-refractivity contribution is 5.76. The molecular formula is C13H16O5. The molecule has 1 aromatic carbocycles. The van der Waals surface area contributed by atoms with Gasteiger partial charge < -0.3 is 18.9 Å². The molecule has 1 aromatic rings. The van der Waals surface area contributed by atoms with E-state index in [-0.39, 0.29) is 0 Å². The van der Waals surface area contributed by atoms with Gasteiger partial charge in [-0.05, 0) is 5.56 Å². The van der Waals surface area contributed by atoms with Crippen molar-refractivity contribution in [3.8, 4) is 0 Å². The molecule has 1 heterocycles. The Balaban J connectivity index is 2.29. The van der Waals surface area contributed by atoms with Crippen LogP contribution in [0.3, 0.4) is 0 Å². The van der Waals surface area contributed by atoms with E-state index >= 15 is 0 Å². The van der Waals surface area contributed by atoms with Crippen LogP contribution in [-0.2, 0) is 23.7 Å². The molecular weight excluding hydrogens is 236 g/mol. The van der Waals surface area contributed by atoms with E-state index in [0.29, 0.717) is 0 Å². The highest BCUT2D eigenvalue weighted by Gasteiger charge is 2.49. The second-order valence-corrected chi connectivity index (χ2v) is 4.08. The number of esters is 1. The highest BCUT2D eigenvalue weighted by Crippen LogP contribution is 2.39. The van der Waals surface area contributed by atoms with E-state index in [9.17, 15) is 4.79 Å². The molecule has 1 fully saturated rings. The molecule has 3 atom stereocenters. The van der Waals surface area contributed by atoms with Crippen molar-refractivity contribution in [1.82, 2.24) is 0 Å². The van der Waals surface area contributed by atoms with E-state index in [4.69, 9.17) is 18.9 Å². The van der Waals surface area contributed by atoms with E-state index in [1.165, 1.54) is 14.2 Å². The van der Waals surface area contributed by atoms with Gasteiger partial charge in [0.05, 0.1) is 7.11 Å². The third-order valence-corrected chi connectivity index (χ3v) is 2.89. The van der Waals surface area contributed by atoms with Crippen molar-refractivity contribution < 1.29 is 23.7 Å². The molecule has 1 saturated heterocycles. The predicted octanol–water partition coefficient (Wildman–Crippen LogP) is 1.64. The molecule has 18 heavy (non-hydrogen) atoms. The first-order valence-electron chi connectivity index (χ1n) is 5.63. The molecule has 2 rings (SSSR count). The van der Waals surface area contributed by atoms with E-state index < -0.39 is 24.2 Å². The summed E-state index contributed by atoms with van der Waals surface area (Å²) in [6.07, 6.45) is -1.37.